The average molecular weight is 150 g/mol. The lowest BCUT2D eigenvalue weighted by Crippen LogP contribution is -2.15. The molecule has 0 aliphatic heterocycles. The van der Waals surface area contributed by atoms with E-state index < -0.39 is 6.10 Å². The number of hydrogen-bond donors (Lipinski definition) is 2. The molecule has 0 aliphatic carbocycles. The molecule has 0 amide bonds. The van der Waals surface area contributed by atoms with Gasteiger partial charge in [0.15, 0.2) is 0 Å². The Morgan fingerprint density at radius 2 is 2.00 bits per heavy atom. The lowest BCUT2D eigenvalue weighted by Gasteiger charge is -2.07. The van der Waals surface area contributed by atoms with Crippen LogP contribution in [-0.4, -0.2) is 33.9 Å². The lowest BCUT2D eigenvalue weighted by molar-refractivity contribution is 0.113. The molecule has 1 atom stereocenters. The van der Waals surface area contributed by atoms with E-state index in [1.807, 2.05) is 0 Å². The van der Waals surface area contributed by atoms with Crippen LogP contribution in [0.15, 0.2) is 0 Å². The third kappa shape index (κ3) is 6.15. The van der Waals surface area contributed by atoms with Crippen LogP contribution in [0.1, 0.15) is 13.8 Å². The highest BCUT2D eigenvalue weighted by Gasteiger charge is 2.02. The summed E-state index contributed by atoms with van der Waals surface area (Å²) in [5.74, 6) is 0.633. The predicted octanol–water partition coefficient (Wildman–Crippen LogP) is 0.481. The van der Waals surface area contributed by atoms with Gasteiger partial charge in [-0.05, 0) is 5.25 Å². The Morgan fingerprint density at radius 3 is 2.33 bits per heavy atom. The molecule has 0 spiro atoms. The van der Waals surface area contributed by atoms with E-state index in [1.54, 1.807) is 11.8 Å². The van der Waals surface area contributed by atoms with E-state index in [9.17, 15) is 0 Å². The van der Waals surface area contributed by atoms with Crippen LogP contribution in [0, 0.1) is 0 Å². The van der Waals surface area contributed by atoms with Crippen LogP contribution in [0.4, 0.5) is 0 Å². The van der Waals surface area contributed by atoms with Crippen LogP contribution in [0.3, 0.4) is 0 Å². The van der Waals surface area contributed by atoms with Gasteiger partial charge >= 0.3 is 0 Å². The molecule has 9 heavy (non-hydrogen) atoms. The van der Waals surface area contributed by atoms with E-state index >= 15 is 0 Å². The van der Waals surface area contributed by atoms with Gasteiger partial charge in [0.25, 0.3) is 0 Å². The van der Waals surface area contributed by atoms with Crippen molar-refractivity contribution < 1.29 is 10.2 Å². The highest BCUT2D eigenvalue weighted by atomic mass is 32.2. The SMILES string of the molecule is CC(C)SCC(O)CO. The van der Waals surface area contributed by atoms with Crippen LogP contribution in [0.5, 0.6) is 0 Å². The molecule has 0 rings (SSSR count). The molecule has 0 aliphatic rings. The molecule has 0 radical (unpaired) electrons. The zero-order chi connectivity index (χ0) is 7.28. The Morgan fingerprint density at radius 1 is 1.44 bits per heavy atom. The van der Waals surface area contributed by atoms with Gasteiger partial charge in [0, 0.05) is 5.75 Å². The van der Waals surface area contributed by atoms with E-state index in [0.717, 1.165) is 0 Å². The molecule has 0 aromatic rings. The maximum atomic E-state index is 8.84. The first-order valence-corrected chi connectivity index (χ1v) is 4.12. The standard InChI is InChI=1S/C6H14O2S/c1-5(2)9-4-6(8)3-7/h5-8H,3-4H2,1-2H3. The smallest absolute Gasteiger partial charge is 0.0861 e. The summed E-state index contributed by atoms with van der Waals surface area (Å²) in [5, 5.41) is 17.8. The van der Waals surface area contributed by atoms with Crippen molar-refractivity contribution in [1.82, 2.24) is 0 Å². The molecule has 2 N–H and O–H groups in total. The second kappa shape index (κ2) is 5.09. The van der Waals surface area contributed by atoms with Gasteiger partial charge in [0.05, 0.1) is 12.7 Å². The van der Waals surface area contributed by atoms with Crippen molar-refractivity contribution in [3.05, 3.63) is 0 Å². The van der Waals surface area contributed by atoms with Crippen molar-refractivity contribution in [1.29, 1.82) is 0 Å². The van der Waals surface area contributed by atoms with Crippen LogP contribution in [-0.2, 0) is 0 Å². The number of aliphatic hydroxyl groups excluding tert-OH is 2. The van der Waals surface area contributed by atoms with Gasteiger partial charge in [0.1, 0.15) is 0 Å². The molecule has 0 heterocycles. The molecule has 0 bridgehead atoms. The maximum Gasteiger partial charge on any atom is 0.0861 e. The van der Waals surface area contributed by atoms with Gasteiger partial charge in [-0.15, -0.1) is 0 Å². The van der Waals surface area contributed by atoms with Gasteiger partial charge in [0.2, 0.25) is 0 Å². The highest BCUT2D eigenvalue weighted by Crippen LogP contribution is 2.09. The summed E-state index contributed by atoms with van der Waals surface area (Å²) < 4.78 is 0. The van der Waals surface area contributed by atoms with Gasteiger partial charge in [-0.1, -0.05) is 13.8 Å². The topological polar surface area (TPSA) is 40.5 Å². The summed E-state index contributed by atoms with van der Waals surface area (Å²) in [6.45, 7) is 4.00. The second-order valence-electron chi connectivity index (χ2n) is 2.22. The fraction of sp³-hybridized carbons (Fsp3) is 1.00. The predicted molar refractivity (Wildman–Crippen MR) is 40.7 cm³/mol. The van der Waals surface area contributed by atoms with Gasteiger partial charge in [-0.2, -0.15) is 11.8 Å². The molecule has 2 nitrogen and oxygen atoms in total. The Bertz CT molecular complexity index is 66.1. The van der Waals surface area contributed by atoms with Crippen LogP contribution < -0.4 is 0 Å². The van der Waals surface area contributed by atoms with Crippen LogP contribution in [0.2, 0.25) is 0 Å². The minimum atomic E-state index is -0.544. The van der Waals surface area contributed by atoms with E-state index in [4.69, 9.17) is 10.2 Å². The summed E-state index contributed by atoms with van der Waals surface area (Å²) in [7, 11) is 0. The first kappa shape index (κ1) is 9.27. The molecular weight excluding hydrogens is 136 g/mol. The molecule has 3 heteroatoms. The van der Waals surface area contributed by atoms with E-state index in [2.05, 4.69) is 13.8 Å². The number of aliphatic hydroxyl groups is 2. The van der Waals surface area contributed by atoms with Crippen LogP contribution >= 0.6 is 11.8 Å². The highest BCUT2D eigenvalue weighted by molar-refractivity contribution is 7.99. The monoisotopic (exact) mass is 150 g/mol. The number of hydrogen-bond acceptors (Lipinski definition) is 3. The summed E-state index contributed by atoms with van der Waals surface area (Å²) in [6.07, 6.45) is -0.544. The van der Waals surface area contributed by atoms with E-state index in [1.165, 1.54) is 0 Å². The fourth-order valence-corrected chi connectivity index (χ4v) is 1.07. The summed E-state index contributed by atoms with van der Waals surface area (Å²) in [6, 6.07) is 0. The molecule has 0 aromatic carbocycles. The number of thioether (sulfide) groups is 1. The average Bonchev–Trinajstić information content (AvgIpc) is 1.83. The Kier molecular flexibility index (Phi) is 5.24. The normalized spacial score (nSPS) is 14.3. The van der Waals surface area contributed by atoms with E-state index in [-0.39, 0.29) is 6.61 Å². The quantitative estimate of drug-likeness (QED) is 0.612. The first-order valence-electron chi connectivity index (χ1n) is 3.07. The maximum absolute atomic E-state index is 8.84. The van der Waals surface area contributed by atoms with Crippen molar-refractivity contribution in [3.63, 3.8) is 0 Å². The zero-order valence-electron chi connectivity index (χ0n) is 5.87. The third-order valence-electron chi connectivity index (χ3n) is 0.833. The van der Waals surface area contributed by atoms with Crippen molar-refractivity contribution in [2.75, 3.05) is 12.4 Å². The molecule has 0 aromatic heterocycles. The van der Waals surface area contributed by atoms with Crippen molar-refractivity contribution >= 4 is 11.8 Å². The summed E-state index contributed by atoms with van der Waals surface area (Å²) in [5.41, 5.74) is 0. The molecule has 56 valence electrons. The van der Waals surface area contributed by atoms with E-state index in [0.29, 0.717) is 11.0 Å². The summed E-state index contributed by atoms with van der Waals surface area (Å²) in [4.78, 5) is 0. The molecule has 0 saturated carbocycles. The molecule has 0 fully saturated rings. The van der Waals surface area contributed by atoms with Gasteiger partial charge in [-0.25, -0.2) is 0 Å². The molecular formula is C6H14O2S. The van der Waals surface area contributed by atoms with Crippen molar-refractivity contribution in [3.8, 4) is 0 Å². The fourth-order valence-electron chi connectivity index (χ4n) is 0.356. The molecule has 0 saturated heterocycles. The Balaban J connectivity index is 3.06. The largest absolute Gasteiger partial charge is 0.394 e. The zero-order valence-corrected chi connectivity index (χ0v) is 6.69. The molecule has 1 unspecified atom stereocenters. The third-order valence-corrected chi connectivity index (χ3v) is 2.08. The van der Waals surface area contributed by atoms with Crippen molar-refractivity contribution in [2.45, 2.75) is 25.2 Å². The van der Waals surface area contributed by atoms with Crippen LogP contribution in [0.25, 0.3) is 0 Å². The summed E-state index contributed by atoms with van der Waals surface area (Å²) >= 11 is 1.65. The minimum absolute atomic E-state index is 0.125. The van der Waals surface area contributed by atoms with Crippen molar-refractivity contribution in [2.24, 2.45) is 0 Å². The number of rotatable bonds is 4. The van der Waals surface area contributed by atoms with Gasteiger partial charge in [-0.3, -0.25) is 0 Å². The van der Waals surface area contributed by atoms with Gasteiger partial charge < -0.3 is 10.2 Å². The lowest BCUT2D eigenvalue weighted by atomic mass is 10.4. The Labute approximate surface area is 60.3 Å². The minimum Gasteiger partial charge on any atom is -0.394 e. The Hall–Kier alpha value is 0.270. The second-order valence-corrected chi connectivity index (χ2v) is 3.83. The first-order chi connectivity index (χ1) is 4.16.